The summed E-state index contributed by atoms with van der Waals surface area (Å²) in [7, 11) is 2.55. The molecule has 32 heavy (non-hydrogen) atoms. The van der Waals surface area contributed by atoms with Gasteiger partial charge in [0, 0.05) is 25.1 Å². The van der Waals surface area contributed by atoms with Crippen molar-refractivity contribution in [3.8, 4) is 17.2 Å². The van der Waals surface area contributed by atoms with Crippen LogP contribution in [0.4, 0.5) is 14.7 Å². The first kappa shape index (κ1) is 23.2. The molecule has 1 aliphatic heterocycles. The predicted octanol–water partition coefficient (Wildman–Crippen LogP) is 3.16. The summed E-state index contributed by atoms with van der Waals surface area (Å²) in [5, 5.41) is 2.92. The number of allylic oxidation sites excluding steroid dienone is 1. The van der Waals surface area contributed by atoms with Gasteiger partial charge in [-0.15, -0.1) is 0 Å². The van der Waals surface area contributed by atoms with Gasteiger partial charge in [0.1, 0.15) is 12.8 Å². The van der Waals surface area contributed by atoms with Crippen molar-refractivity contribution in [3.63, 3.8) is 0 Å². The molecule has 11 heteroatoms. The lowest BCUT2D eigenvalue weighted by atomic mass is 10.1. The van der Waals surface area contributed by atoms with Crippen LogP contribution in [0.5, 0.6) is 17.2 Å². The van der Waals surface area contributed by atoms with E-state index in [0.29, 0.717) is 12.3 Å². The molecule has 1 unspecified atom stereocenters. The lowest BCUT2D eigenvalue weighted by molar-refractivity contribution is 0.0227. The number of aromatic nitrogens is 2. The van der Waals surface area contributed by atoms with Crippen molar-refractivity contribution in [2.45, 2.75) is 32.1 Å². The Morgan fingerprint density at radius 1 is 1.22 bits per heavy atom. The minimum Gasteiger partial charge on any atom is -0.494 e. The van der Waals surface area contributed by atoms with E-state index >= 15 is 0 Å². The zero-order valence-corrected chi connectivity index (χ0v) is 17.8. The van der Waals surface area contributed by atoms with Crippen molar-refractivity contribution < 1.29 is 27.7 Å². The first-order chi connectivity index (χ1) is 15.5. The Morgan fingerprint density at radius 2 is 1.91 bits per heavy atom. The van der Waals surface area contributed by atoms with Crippen LogP contribution in [0.2, 0.25) is 0 Å². The van der Waals surface area contributed by atoms with Gasteiger partial charge >= 0.3 is 0 Å². The van der Waals surface area contributed by atoms with Gasteiger partial charge in [0.15, 0.2) is 28.9 Å². The standard InChI is InChI=1S/C21H25F2N5O4/c1-29-16-7-17(30-2)20(23)15(19(16)22)12-32-14-10-26-21(27-11-14)28-13(8-24)9-25-18-5-3-4-6-31-18/h7-11,18H,3-6,12,24H2,1-2H3,(H,26,27,28). The van der Waals surface area contributed by atoms with E-state index < -0.39 is 18.2 Å². The number of rotatable bonds is 9. The van der Waals surface area contributed by atoms with Crippen molar-refractivity contribution in [2.24, 2.45) is 10.7 Å². The number of methoxy groups -OCH3 is 2. The predicted molar refractivity (Wildman–Crippen MR) is 114 cm³/mol. The summed E-state index contributed by atoms with van der Waals surface area (Å²) >= 11 is 0. The number of benzene rings is 1. The number of hydrogen-bond acceptors (Lipinski definition) is 9. The third-order valence-electron chi connectivity index (χ3n) is 4.65. The average molecular weight is 449 g/mol. The maximum atomic E-state index is 14.4. The van der Waals surface area contributed by atoms with E-state index in [1.165, 1.54) is 32.8 Å². The molecule has 3 rings (SSSR count). The third kappa shape index (κ3) is 5.82. The maximum Gasteiger partial charge on any atom is 0.227 e. The van der Waals surface area contributed by atoms with Gasteiger partial charge in [-0.3, -0.25) is 4.99 Å². The summed E-state index contributed by atoms with van der Waals surface area (Å²) in [5.41, 5.74) is 5.78. The number of nitrogens with one attached hydrogen (secondary N) is 1. The molecule has 2 aromatic rings. The number of ether oxygens (including phenoxy) is 4. The maximum absolute atomic E-state index is 14.4. The van der Waals surface area contributed by atoms with Gasteiger partial charge in [0.2, 0.25) is 5.95 Å². The van der Waals surface area contributed by atoms with E-state index in [1.54, 1.807) is 6.21 Å². The fourth-order valence-electron chi connectivity index (χ4n) is 2.92. The average Bonchev–Trinajstić information content (AvgIpc) is 2.83. The second-order valence-electron chi connectivity index (χ2n) is 6.77. The first-order valence-corrected chi connectivity index (χ1v) is 9.93. The Labute approximate surface area is 184 Å². The zero-order chi connectivity index (χ0) is 22.9. The van der Waals surface area contributed by atoms with Crippen LogP contribution in [-0.4, -0.2) is 43.2 Å². The fourth-order valence-corrected chi connectivity index (χ4v) is 2.92. The normalized spacial score (nSPS) is 16.8. The molecule has 2 heterocycles. The molecular weight excluding hydrogens is 424 g/mol. The molecule has 1 atom stereocenters. The molecule has 1 saturated heterocycles. The van der Waals surface area contributed by atoms with Crippen LogP contribution in [0.25, 0.3) is 0 Å². The molecule has 172 valence electrons. The molecule has 0 spiro atoms. The van der Waals surface area contributed by atoms with E-state index in [1.807, 2.05) is 0 Å². The first-order valence-electron chi connectivity index (χ1n) is 9.93. The Balaban J connectivity index is 1.62. The SMILES string of the molecule is COc1cc(OC)c(F)c(COc2cnc(NC(C=NC3CCCCO3)=CN)nc2)c1F. The van der Waals surface area contributed by atoms with E-state index in [0.717, 1.165) is 25.3 Å². The summed E-state index contributed by atoms with van der Waals surface area (Å²) in [6, 6.07) is 1.13. The molecule has 9 nitrogen and oxygen atoms in total. The van der Waals surface area contributed by atoms with E-state index in [2.05, 4.69) is 20.3 Å². The van der Waals surface area contributed by atoms with Gasteiger partial charge in [0.25, 0.3) is 0 Å². The van der Waals surface area contributed by atoms with Crippen LogP contribution in [-0.2, 0) is 11.3 Å². The van der Waals surface area contributed by atoms with Crippen LogP contribution in [0.1, 0.15) is 24.8 Å². The number of hydrogen-bond donors (Lipinski definition) is 2. The Kier molecular flexibility index (Phi) is 8.14. The molecular formula is C21H25F2N5O4. The van der Waals surface area contributed by atoms with Gasteiger partial charge in [-0.25, -0.2) is 18.7 Å². The van der Waals surface area contributed by atoms with Crippen LogP contribution in [0, 0.1) is 11.6 Å². The van der Waals surface area contributed by atoms with E-state index in [-0.39, 0.29) is 35.0 Å². The number of aliphatic imine (C=N–C) groups is 1. The molecule has 0 saturated carbocycles. The molecule has 0 bridgehead atoms. The second-order valence-corrected chi connectivity index (χ2v) is 6.77. The van der Waals surface area contributed by atoms with Crippen LogP contribution in [0.3, 0.4) is 0 Å². The monoisotopic (exact) mass is 449 g/mol. The summed E-state index contributed by atoms with van der Waals surface area (Å²) < 4.78 is 49.7. The van der Waals surface area contributed by atoms with Gasteiger partial charge in [-0.05, 0) is 19.3 Å². The summed E-state index contributed by atoms with van der Waals surface area (Å²) in [6.07, 6.45) is 8.39. The molecule has 1 fully saturated rings. The van der Waals surface area contributed by atoms with Gasteiger partial charge < -0.3 is 30.0 Å². The molecule has 1 aromatic heterocycles. The van der Waals surface area contributed by atoms with Crippen molar-refractivity contribution in [1.29, 1.82) is 0 Å². The topological polar surface area (TPSA) is 113 Å². The molecule has 1 aromatic carbocycles. The zero-order valence-electron chi connectivity index (χ0n) is 17.8. The summed E-state index contributed by atoms with van der Waals surface area (Å²) in [4.78, 5) is 12.6. The van der Waals surface area contributed by atoms with Crippen molar-refractivity contribution >= 4 is 12.2 Å². The van der Waals surface area contributed by atoms with Crippen LogP contribution >= 0.6 is 0 Å². The van der Waals surface area contributed by atoms with Crippen molar-refractivity contribution in [2.75, 3.05) is 26.1 Å². The Hall–Kier alpha value is -3.47. The lowest BCUT2D eigenvalue weighted by Gasteiger charge is -2.18. The highest BCUT2D eigenvalue weighted by molar-refractivity contribution is 5.82. The minimum atomic E-state index is -0.871. The van der Waals surface area contributed by atoms with Gasteiger partial charge in [-0.2, -0.15) is 0 Å². The van der Waals surface area contributed by atoms with Gasteiger partial charge in [0.05, 0.1) is 37.9 Å². The molecule has 1 aliphatic rings. The second kappa shape index (κ2) is 11.2. The number of nitrogens with zero attached hydrogens (tertiary/aromatic N) is 3. The number of anilines is 1. The summed E-state index contributed by atoms with van der Waals surface area (Å²) in [6.45, 7) is 0.279. The molecule has 0 radical (unpaired) electrons. The largest absolute Gasteiger partial charge is 0.494 e. The number of halogens is 2. The van der Waals surface area contributed by atoms with Gasteiger partial charge in [-0.1, -0.05) is 0 Å². The minimum absolute atomic E-state index is 0.154. The fraction of sp³-hybridized carbons (Fsp3) is 0.381. The Bertz CT molecular complexity index is 935. The van der Waals surface area contributed by atoms with E-state index in [9.17, 15) is 8.78 Å². The van der Waals surface area contributed by atoms with Crippen LogP contribution in [0.15, 0.2) is 35.3 Å². The highest BCUT2D eigenvalue weighted by Gasteiger charge is 2.20. The smallest absolute Gasteiger partial charge is 0.227 e. The molecule has 0 aliphatic carbocycles. The van der Waals surface area contributed by atoms with Crippen molar-refractivity contribution in [3.05, 3.63) is 47.6 Å². The third-order valence-corrected chi connectivity index (χ3v) is 4.65. The molecule has 3 N–H and O–H groups in total. The summed E-state index contributed by atoms with van der Waals surface area (Å²) in [5.74, 6) is -1.60. The highest BCUT2D eigenvalue weighted by Crippen LogP contribution is 2.31. The molecule has 0 amide bonds. The lowest BCUT2D eigenvalue weighted by Crippen LogP contribution is -2.17. The van der Waals surface area contributed by atoms with Crippen LogP contribution < -0.4 is 25.3 Å². The number of nitrogens with two attached hydrogens (primary N) is 1. The van der Waals surface area contributed by atoms with Crippen molar-refractivity contribution in [1.82, 2.24) is 9.97 Å². The Morgan fingerprint density at radius 3 is 2.47 bits per heavy atom. The quantitative estimate of drug-likeness (QED) is 0.562. The van der Waals surface area contributed by atoms with E-state index in [4.69, 9.17) is 24.7 Å². The highest BCUT2D eigenvalue weighted by atomic mass is 19.1.